The van der Waals surface area contributed by atoms with E-state index in [1.807, 2.05) is 23.9 Å². The molecule has 1 heterocycles. The summed E-state index contributed by atoms with van der Waals surface area (Å²) in [7, 11) is 0. The van der Waals surface area contributed by atoms with Crippen LogP contribution >= 0.6 is 0 Å². The van der Waals surface area contributed by atoms with Crippen LogP contribution < -0.4 is 5.32 Å². The molecule has 0 aliphatic carbocycles. The predicted molar refractivity (Wildman–Crippen MR) is 60.8 cm³/mol. The molecule has 0 saturated carbocycles. The van der Waals surface area contributed by atoms with Gasteiger partial charge in [-0.3, -0.25) is 4.68 Å². The third-order valence-electron chi connectivity index (χ3n) is 2.13. The summed E-state index contributed by atoms with van der Waals surface area (Å²) in [6, 6.07) is 2.48. The monoisotopic (exact) mass is 211 g/mol. The van der Waals surface area contributed by atoms with Crippen molar-refractivity contribution in [1.82, 2.24) is 15.1 Å². The maximum atomic E-state index is 5.23. The first-order valence-electron chi connectivity index (χ1n) is 5.56. The highest BCUT2D eigenvalue weighted by atomic mass is 16.5. The van der Waals surface area contributed by atoms with Gasteiger partial charge in [0.1, 0.15) is 0 Å². The second-order valence-electron chi connectivity index (χ2n) is 3.75. The molecule has 0 atom stereocenters. The summed E-state index contributed by atoms with van der Waals surface area (Å²) in [5.74, 6) is 0. The van der Waals surface area contributed by atoms with Gasteiger partial charge in [0.05, 0.1) is 12.3 Å². The number of nitrogens with zero attached hydrogens (tertiary/aromatic N) is 2. The van der Waals surface area contributed by atoms with E-state index in [9.17, 15) is 0 Å². The van der Waals surface area contributed by atoms with Crippen LogP contribution in [0.3, 0.4) is 0 Å². The topological polar surface area (TPSA) is 39.1 Å². The molecule has 0 unspecified atom stereocenters. The molecule has 1 N–H and O–H groups in total. The number of hydrogen-bond donors (Lipinski definition) is 1. The summed E-state index contributed by atoms with van der Waals surface area (Å²) in [4.78, 5) is 0. The SMILES string of the molecule is CCOCCNCc1ccn(C(C)C)n1. The molecule has 0 saturated heterocycles. The van der Waals surface area contributed by atoms with E-state index in [0.29, 0.717) is 6.04 Å². The Bertz CT molecular complexity index is 271. The highest BCUT2D eigenvalue weighted by Gasteiger charge is 2.00. The van der Waals surface area contributed by atoms with Gasteiger partial charge in [-0.25, -0.2) is 0 Å². The van der Waals surface area contributed by atoms with Crippen molar-refractivity contribution in [2.24, 2.45) is 0 Å². The van der Waals surface area contributed by atoms with Crippen LogP contribution in [0.15, 0.2) is 12.3 Å². The van der Waals surface area contributed by atoms with E-state index >= 15 is 0 Å². The number of hydrogen-bond acceptors (Lipinski definition) is 3. The average Bonchev–Trinajstić information content (AvgIpc) is 2.66. The predicted octanol–water partition coefficient (Wildman–Crippen LogP) is 1.59. The molecule has 0 aliphatic heterocycles. The normalized spacial score (nSPS) is 11.2. The Morgan fingerprint density at radius 1 is 1.53 bits per heavy atom. The fourth-order valence-electron chi connectivity index (χ4n) is 1.26. The molecule has 4 nitrogen and oxygen atoms in total. The minimum absolute atomic E-state index is 0.433. The lowest BCUT2D eigenvalue weighted by Gasteiger charge is -2.04. The Morgan fingerprint density at radius 2 is 2.33 bits per heavy atom. The fourth-order valence-corrected chi connectivity index (χ4v) is 1.26. The molecule has 0 spiro atoms. The van der Waals surface area contributed by atoms with Crippen molar-refractivity contribution in [3.05, 3.63) is 18.0 Å². The molecule has 0 amide bonds. The van der Waals surface area contributed by atoms with Crippen LogP contribution in [0.4, 0.5) is 0 Å². The minimum atomic E-state index is 0.433. The van der Waals surface area contributed by atoms with Gasteiger partial charge < -0.3 is 10.1 Å². The first-order chi connectivity index (χ1) is 7.24. The number of nitrogens with one attached hydrogen (secondary N) is 1. The van der Waals surface area contributed by atoms with Crippen molar-refractivity contribution >= 4 is 0 Å². The molecular weight excluding hydrogens is 190 g/mol. The minimum Gasteiger partial charge on any atom is -0.380 e. The zero-order valence-corrected chi connectivity index (χ0v) is 9.86. The Kier molecular flexibility index (Phi) is 5.36. The third-order valence-corrected chi connectivity index (χ3v) is 2.13. The van der Waals surface area contributed by atoms with Crippen LogP contribution in [0.5, 0.6) is 0 Å². The van der Waals surface area contributed by atoms with E-state index in [-0.39, 0.29) is 0 Å². The van der Waals surface area contributed by atoms with Crippen molar-refractivity contribution in [2.45, 2.75) is 33.4 Å². The lowest BCUT2D eigenvalue weighted by molar-refractivity contribution is 0.149. The van der Waals surface area contributed by atoms with Crippen LogP contribution in [0.2, 0.25) is 0 Å². The molecule has 0 aromatic carbocycles. The first kappa shape index (κ1) is 12.2. The van der Waals surface area contributed by atoms with Crippen LogP contribution in [-0.2, 0) is 11.3 Å². The van der Waals surface area contributed by atoms with Gasteiger partial charge >= 0.3 is 0 Å². The van der Waals surface area contributed by atoms with Gasteiger partial charge in [-0.15, -0.1) is 0 Å². The molecule has 1 rings (SSSR count). The molecule has 0 bridgehead atoms. The summed E-state index contributed by atoms with van der Waals surface area (Å²) in [6.07, 6.45) is 2.02. The smallest absolute Gasteiger partial charge is 0.0762 e. The van der Waals surface area contributed by atoms with Crippen LogP contribution in [-0.4, -0.2) is 29.5 Å². The Balaban J connectivity index is 2.20. The van der Waals surface area contributed by atoms with E-state index in [4.69, 9.17) is 4.74 Å². The molecule has 1 aromatic rings. The summed E-state index contributed by atoms with van der Waals surface area (Å²) >= 11 is 0. The molecule has 15 heavy (non-hydrogen) atoms. The molecule has 4 heteroatoms. The Hall–Kier alpha value is -0.870. The lowest BCUT2D eigenvalue weighted by atomic mass is 10.4. The van der Waals surface area contributed by atoms with E-state index in [2.05, 4.69) is 24.3 Å². The van der Waals surface area contributed by atoms with Gasteiger partial charge in [0, 0.05) is 31.9 Å². The maximum absolute atomic E-state index is 5.23. The Labute approximate surface area is 91.6 Å². The van der Waals surface area contributed by atoms with E-state index in [1.165, 1.54) is 0 Å². The summed E-state index contributed by atoms with van der Waals surface area (Å²) in [5.41, 5.74) is 1.08. The van der Waals surface area contributed by atoms with Gasteiger partial charge in [-0.2, -0.15) is 5.10 Å². The Morgan fingerprint density at radius 3 is 2.93 bits per heavy atom. The lowest BCUT2D eigenvalue weighted by Crippen LogP contribution is -2.19. The van der Waals surface area contributed by atoms with Gasteiger partial charge in [0.15, 0.2) is 0 Å². The van der Waals surface area contributed by atoms with Gasteiger partial charge in [0.2, 0.25) is 0 Å². The summed E-state index contributed by atoms with van der Waals surface area (Å²) < 4.78 is 7.20. The van der Waals surface area contributed by atoms with E-state index in [1.54, 1.807) is 0 Å². The second-order valence-corrected chi connectivity index (χ2v) is 3.75. The van der Waals surface area contributed by atoms with Crippen LogP contribution in [0.1, 0.15) is 32.5 Å². The van der Waals surface area contributed by atoms with Crippen molar-refractivity contribution in [1.29, 1.82) is 0 Å². The van der Waals surface area contributed by atoms with Crippen molar-refractivity contribution < 1.29 is 4.74 Å². The third kappa shape index (κ3) is 4.44. The van der Waals surface area contributed by atoms with Crippen molar-refractivity contribution in [3.63, 3.8) is 0 Å². The quantitative estimate of drug-likeness (QED) is 0.696. The number of aromatic nitrogens is 2. The van der Waals surface area contributed by atoms with Crippen LogP contribution in [0, 0.1) is 0 Å². The zero-order chi connectivity index (χ0) is 11.1. The molecule has 1 aromatic heterocycles. The van der Waals surface area contributed by atoms with E-state index < -0.39 is 0 Å². The standard InChI is InChI=1S/C11H21N3O/c1-4-15-8-6-12-9-11-5-7-14(13-11)10(2)3/h5,7,10,12H,4,6,8-9H2,1-3H3. The second kappa shape index (κ2) is 6.58. The maximum Gasteiger partial charge on any atom is 0.0762 e. The van der Waals surface area contributed by atoms with E-state index in [0.717, 1.165) is 32.0 Å². The summed E-state index contributed by atoms with van der Waals surface area (Å²) in [6.45, 7) is 9.49. The number of ether oxygens (including phenoxy) is 1. The van der Waals surface area contributed by atoms with Crippen molar-refractivity contribution in [2.75, 3.05) is 19.8 Å². The summed E-state index contributed by atoms with van der Waals surface area (Å²) in [5, 5.41) is 7.73. The number of rotatable bonds is 7. The highest BCUT2D eigenvalue weighted by Crippen LogP contribution is 2.03. The van der Waals surface area contributed by atoms with Gasteiger partial charge in [-0.05, 0) is 26.8 Å². The zero-order valence-electron chi connectivity index (χ0n) is 9.86. The molecule has 86 valence electrons. The van der Waals surface area contributed by atoms with Gasteiger partial charge in [-0.1, -0.05) is 0 Å². The molecule has 0 aliphatic rings. The van der Waals surface area contributed by atoms with Crippen molar-refractivity contribution in [3.8, 4) is 0 Å². The highest BCUT2D eigenvalue weighted by molar-refractivity contribution is 4.98. The fraction of sp³-hybridized carbons (Fsp3) is 0.727. The molecular formula is C11H21N3O. The van der Waals surface area contributed by atoms with Gasteiger partial charge in [0.25, 0.3) is 0 Å². The first-order valence-corrected chi connectivity index (χ1v) is 5.56. The largest absolute Gasteiger partial charge is 0.380 e. The average molecular weight is 211 g/mol. The molecule has 0 radical (unpaired) electrons. The van der Waals surface area contributed by atoms with Crippen LogP contribution in [0.25, 0.3) is 0 Å². The molecule has 0 fully saturated rings.